The number of benzene rings is 1. The predicted molar refractivity (Wildman–Crippen MR) is 93.7 cm³/mol. The first-order chi connectivity index (χ1) is 12.5. The number of nitrogens with one attached hydrogen (secondary N) is 2. The van der Waals surface area contributed by atoms with Crippen molar-refractivity contribution in [1.82, 2.24) is 19.9 Å². The van der Waals surface area contributed by atoms with E-state index in [1.807, 2.05) is 0 Å². The smallest absolute Gasteiger partial charge is 0.251 e. The Morgan fingerprint density at radius 2 is 2.23 bits per heavy atom. The van der Waals surface area contributed by atoms with Crippen LogP contribution in [0.2, 0.25) is 0 Å². The summed E-state index contributed by atoms with van der Waals surface area (Å²) in [5.74, 6) is -2.33. The molecule has 3 aromatic rings. The Kier molecular flexibility index (Phi) is 3.61. The summed E-state index contributed by atoms with van der Waals surface area (Å²) in [4.78, 5) is 14.7. The molecule has 8 heteroatoms. The largest absolute Gasteiger partial charge is 0.393 e. The average molecular weight is 355 g/mol. The summed E-state index contributed by atoms with van der Waals surface area (Å²) in [5.41, 5.74) is 7.86. The van der Waals surface area contributed by atoms with Crippen LogP contribution in [0.25, 0.3) is 16.7 Å². The summed E-state index contributed by atoms with van der Waals surface area (Å²) in [6.07, 6.45) is 8.16. The highest BCUT2D eigenvalue weighted by Gasteiger charge is 2.24. The number of aromatic nitrogens is 3. The molecule has 0 aliphatic heterocycles. The van der Waals surface area contributed by atoms with Gasteiger partial charge in [0.05, 0.1) is 23.2 Å². The molecule has 26 heavy (non-hydrogen) atoms. The van der Waals surface area contributed by atoms with Crippen molar-refractivity contribution in [1.29, 1.82) is 0 Å². The SMILES string of the molecule is CN/C=C1\C=CC(c2cnn3c2[nH]c2cc(F)cc(C(N)=O)c23)C(F)=C1. The monoisotopic (exact) mass is 355 g/mol. The van der Waals surface area contributed by atoms with Crippen molar-refractivity contribution in [2.24, 2.45) is 5.73 Å². The number of halogens is 2. The summed E-state index contributed by atoms with van der Waals surface area (Å²) in [6.45, 7) is 0. The third-order valence-corrected chi connectivity index (χ3v) is 4.33. The first-order valence-electron chi connectivity index (χ1n) is 7.91. The summed E-state index contributed by atoms with van der Waals surface area (Å²) >= 11 is 0. The number of carbonyl (C=O) groups excluding carboxylic acids is 1. The Labute approximate surface area is 146 Å². The molecule has 1 atom stereocenters. The van der Waals surface area contributed by atoms with Crippen LogP contribution in [0.3, 0.4) is 0 Å². The zero-order valence-corrected chi connectivity index (χ0v) is 13.8. The third-order valence-electron chi connectivity index (χ3n) is 4.33. The first kappa shape index (κ1) is 16.1. The van der Waals surface area contributed by atoms with Crippen molar-refractivity contribution >= 4 is 22.6 Å². The van der Waals surface area contributed by atoms with E-state index in [2.05, 4.69) is 15.4 Å². The number of imidazole rings is 1. The number of hydrogen-bond acceptors (Lipinski definition) is 3. The van der Waals surface area contributed by atoms with Crippen LogP contribution in [0.5, 0.6) is 0 Å². The number of aromatic amines is 1. The highest BCUT2D eigenvalue weighted by Crippen LogP contribution is 2.35. The van der Waals surface area contributed by atoms with E-state index in [0.717, 1.165) is 6.07 Å². The minimum absolute atomic E-state index is 0.00957. The lowest BCUT2D eigenvalue weighted by Gasteiger charge is -2.13. The maximum atomic E-state index is 14.6. The van der Waals surface area contributed by atoms with Crippen molar-refractivity contribution in [2.45, 2.75) is 5.92 Å². The van der Waals surface area contributed by atoms with E-state index in [-0.39, 0.29) is 11.4 Å². The van der Waals surface area contributed by atoms with Crippen LogP contribution in [0.1, 0.15) is 21.8 Å². The van der Waals surface area contributed by atoms with Gasteiger partial charge in [0.2, 0.25) is 0 Å². The minimum atomic E-state index is -0.766. The molecule has 6 nitrogen and oxygen atoms in total. The zero-order chi connectivity index (χ0) is 18.4. The fourth-order valence-electron chi connectivity index (χ4n) is 3.23. The molecule has 4 rings (SSSR count). The highest BCUT2D eigenvalue weighted by atomic mass is 19.1. The maximum Gasteiger partial charge on any atom is 0.251 e. The number of nitrogens with zero attached hydrogens (tertiary/aromatic N) is 2. The molecule has 0 fully saturated rings. The normalized spacial score (nSPS) is 18.7. The summed E-state index contributed by atoms with van der Waals surface area (Å²) < 4.78 is 29.8. The fraction of sp³-hybridized carbons (Fsp3) is 0.111. The summed E-state index contributed by atoms with van der Waals surface area (Å²) in [6, 6.07) is 2.31. The minimum Gasteiger partial charge on any atom is -0.393 e. The second-order valence-electron chi connectivity index (χ2n) is 6.00. The summed E-state index contributed by atoms with van der Waals surface area (Å²) in [7, 11) is 1.74. The molecular formula is C18H15F2N5O. The van der Waals surface area contributed by atoms with Crippen molar-refractivity contribution in [3.05, 3.63) is 71.1 Å². The van der Waals surface area contributed by atoms with Gasteiger partial charge in [0.1, 0.15) is 22.8 Å². The number of H-pyrrole nitrogens is 1. The van der Waals surface area contributed by atoms with Gasteiger partial charge in [-0.3, -0.25) is 4.79 Å². The fourth-order valence-corrected chi connectivity index (χ4v) is 3.23. The number of amides is 1. The van der Waals surface area contributed by atoms with E-state index in [1.54, 1.807) is 25.4 Å². The Morgan fingerprint density at radius 3 is 2.92 bits per heavy atom. The molecule has 1 aromatic carbocycles. The zero-order valence-electron chi connectivity index (χ0n) is 13.8. The summed E-state index contributed by atoms with van der Waals surface area (Å²) in [5, 5.41) is 7.10. The van der Waals surface area contributed by atoms with Gasteiger partial charge in [0.25, 0.3) is 5.91 Å². The quantitative estimate of drug-likeness (QED) is 0.675. The molecule has 0 bridgehead atoms. The van der Waals surface area contributed by atoms with Crippen LogP contribution in [-0.2, 0) is 0 Å². The molecule has 0 spiro atoms. The van der Waals surface area contributed by atoms with Gasteiger partial charge >= 0.3 is 0 Å². The number of fused-ring (bicyclic) bond motifs is 3. The molecule has 2 aromatic heterocycles. The van der Waals surface area contributed by atoms with E-state index in [1.165, 1.54) is 22.9 Å². The van der Waals surface area contributed by atoms with E-state index < -0.39 is 17.6 Å². The van der Waals surface area contributed by atoms with Gasteiger partial charge in [-0.25, -0.2) is 13.3 Å². The molecular weight excluding hydrogens is 340 g/mol. The van der Waals surface area contributed by atoms with E-state index in [9.17, 15) is 13.6 Å². The molecule has 2 heterocycles. The van der Waals surface area contributed by atoms with Gasteiger partial charge in [-0.15, -0.1) is 0 Å². The molecule has 4 N–H and O–H groups in total. The van der Waals surface area contributed by atoms with Gasteiger partial charge < -0.3 is 16.0 Å². The number of hydrogen-bond donors (Lipinski definition) is 3. The van der Waals surface area contributed by atoms with Crippen LogP contribution in [-0.4, -0.2) is 27.6 Å². The number of nitrogens with two attached hydrogens (primary N) is 1. The molecule has 1 aliphatic carbocycles. The molecule has 132 valence electrons. The second-order valence-corrected chi connectivity index (χ2v) is 6.00. The third kappa shape index (κ3) is 2.38. The topological polar surface area (TPSA) is 88.2 Å². The Bertz CT molecular complexity index is 1140. The maximum absolute atomic E-state index is 14.6. The lowest BCUT2D eigenvalue weighted by molar-refractivity contribution is 0.100. The van der Waals surface area contributed by atoms with E-state index >= 15 is 0 Å². The molecule has 1 unspecified atom stereocenters. The predicted octanol–water partition coefficient (Wildman–Crippen LogP) is 2.66. The van der Waals surface area contributed by atoms with Crippen LogP contribution < -0.4 is 11.1 Å². The number of rotatable bonds is 3. The average Bonchev–Trinajstić information content (AvgIpc) is 3.13. The van der Waals surface area contributed by atoms with Crippen molar-refractivity contribution < 1.29 is 13.6 Å². The second kappa shape index (κ2) is 5.83. The van der Waals surface area contributed by atoms with Crippen LogP contribution >= 0.6 is 0 Å². The number of carbonyl (C=O) groups is 1. The van der Waals surface area contributed by atoms with Gasteiger partial charge in [-0.2, -0.15) is 5.10 Å². The van der Waals surface area contributed by atoms with Gasteiger partial charge in [-0.05, 0) is 23.8 Å². The van der Waals surface area contributed by atoms with Gasteiger partial charge in [0, 0.05) is 18.8 Å². The van der Waals surface area contributed by atoms with Gasteiger partial charge in [0.15, 0.2) is 0 Å². The van der Waals surface area contributed by atoms with E-state index in [4.69, 9.17) is 5.73 Å². The van der Waals surface area contributed by atoms with E-state index in [0.29, 0.717) is 27.8 Å². The Morgan fingerprint density at radius 1 is 1.42 bits per heavy atom. The molecule has 0 radical (unpaired) electrons. The van der Waals surface area contributed by atoms with Crippen molar-refractivity contribution in [3.63, 3.8) is 0 Å². The lowest BCUT2D eigenvalue weighted by Crippen LogP contribution is -2.12. The van der Waals surface area contributed by atoms with Crippen molar-refractivity contribution in [3.8, 4) is 0 Å². The number of primary amides is 1. The van der Waals surface area contributed by atoms with Crippen LogP contribution in [0, 0.1) is 5.82 Å². The standard InChI is InChI=1S/C18H15F2N5O/c1-22-7-9-2-3-11(14(20)4-9)13-8-23-25-16-12(17(21)26)5-10(19)6-15(16)24-18(13)25/h2-8,11,22,24H,1H3,(H2,21,26)/b9-7+. The lowest BCUT2D eigenvalue weighted by atomic mass is 9.94. The van der Waals surface area contributed by atoms with Crippen LogP contribution in [0.4, 0.5) is 8.78 Å². The molecule has 1 amide bonds. The highest BCUT2D eigenvalue weighted by molar-refractivity contribution is 6.05. The van der Waals surface area contributed by atoms with Gasteiger partial charge in [-0.1, -0.05) is 12.2 Å². The Hall–Kier alpha value is -3.42. The number of allylic oxidation sites excluding steroid dienone is 5. The van der Waals surface area contributed by atoms with Crippen molar-refractivity contribution in [2.75, 3.05) is 7.05 Å². The first-order valence-corrected chi connectivity index (χ1v) is 7.91. The van der Waals surface area contributed by atoms with Crippen LogP contribution in [0.15, 0.2) is 54.2 Å². The Balaban J connectivity index is 1.90. The molecule has 0 saturated heterocycles. The molecule has 1 aliphatic rings. The molecule has 0 saturated carbocycles.